The molecule has 0 heterocycles. The molecule has 94 valence electrons. The minimum atomic E-state index is 0.764. The van der Waals surface area contributed by atoms with Gasteiger partial charge in [-0.15, -0.1) is 0 Å². The largest absolute Gasteiger partial charge is 0.379 e. The van der Waals surface area contributed by atoms with Crippen LogP contribution in [0.15, 0.2) is 54.3 Å². The van der Waals surface area contributed by atoms with Crippen molar-refractivity contribution in [1.29, 1.82) is 0 Å². The van der Waals surface area contributed by atoms with Gasteiger partial charge in [0.2, 0.25) is 0 Å². The van der Waals surface area contributed by atoms with Gasteiger partial charge in [0.15, 0.2) is 0 Å². The highest BCUT2D eigenvalue weighted by molar-refractivity contribution is 9.11. The lowest BCUT2D eigenvalue weighted by atomic mass is 10.2. The van der Waals surface area contributed by atoms with Crippen LogP contribution in [0, 0.1) is 0 Å². The van der Waals surface area contributed by atoms with Crippen molar-refractivity contribution >= 4 is 69.4 Å². The van der Waals surface area contributed by atoms with Crippen LogP contribution in [-0.4, -0.2) is 0 Å². The predicted octanol–water partition coefficient (Wildman–Crippen LogP) is 6.35. The summed E-state index contributed by atoms with van der Waals surface area (Å²) < 4.78 is 4.20. The fourth-order valence-electron chi connectivity index (χ4n) is 1.54. The van der Waals surface area contributed by atoms with Gasteiger partial charge in [-0.05, 0) is 55.6 Å². The fraction of sp³-hybridized carbons (Fsp3) is 0.0769. The van der Waals surface area contributed by atoms with Crippen LogP contribution in [0.5, 0.6) is 0 Å². The second-order valence-corrected chi connectivity index (χ2v) is 7.17. The van der Waals surface area contributed by atoms with E-state index in [1.54, 1.807) is 0 Å². The van der Waals surface area contributed by atoms with Gasteiger partial charge < -0.3 is 5.32 Å². The van der Waals surface area contributed by atoms with Crippen molar-refractivity contribution in [3.63, 3.8) is 0 Å². The Hall–Kier alpha value is 0.160. The van der Waals surface area contributed by atoms with E-state index in [4.69, 9.17) is 0 Å². The first-order valence-corrected chi connectivity index (χ1v) is 8.37. The lowest BCUT2D eigenvalue weighted by Crippen LogP contribution is -2.01. The highest BCUT2D eigenvalue weighted by atomic mass is 79.9. The summed E-state index contributed by atoms with van der Waals surface area (Å²) in [6.07, 6.45) is 0. The zero-order valence-corrected chi connectivity index (χ0v) is 15.5. The van der Waals surface area contributed by atoms with Crippen LogP contribution in [0.2, 0.25) is 0 Å². The van der Waals surface area contributed by atoms with Crippen LogP contribution in [0.1, 0.15) is 5.56 Å². The van der Waals surface area contributed by atoms with E-state index in [-0.39, 0.29) is 0 Å². The van der Waals surface area contributed by atoms with Gasteiger partial charge in [-0.2, -0.15) is 0 Å². The molecule has 0 fully saturated rings. The number of rotatable bonds is 3. The first kappa shape index (κ1) is 14.6. The van der Waals surface area contributed by atoms with Crippen LogP contribution >= 0.6 is 63.7 Å². The van der Waals surface area contributed by atoms with Crippen molar-refractivity contribution in [3.8, 4) is 0 Å². The quantitative estimate of drug-likeness (QED) is 0.520. The summed E-state index contributed by atoms with van der Waals surface area (Å²) in [5.74, 6) is 0. The lowest BCUT2D eigenvalue weighted by molar-refractivity contribution is 1.13. The molecule has 0 saturated carbocycles. The molecule has 2 aromatic rings. The molecular formula is C13H9Br4N. The zero-order chi connectivity index (χ0) is 13.1. The second-order valence-electron chi connectivity index (χ2n) is 3.69. The molecule has 5 heteroatoms. The number of anilines is 1. The van der Waals surface area contributed by atoms with Crippen molar-refractivity contribution in [3.05, 3.63) is 59.9 Å². The van der Waals surface area contributed by atoms with Crippen LogP contribution < -0.4 is 5.32 Å². The lowest BCUT2D eigenvalue weighted by Gasteiger charge is -2.12. The molecule has 1 nitrogen and oxygen atoms in total. The van der Waals surface area contributed by atoms with Crippen molar-refractivity contribution in [2.75, 3.05) is 5.32 Å². The van der Waals surface area contributed by atoms with Gasteiger partial charge >= 0.3 is 0 Å². The molecule has 2 aromatic carbocycles. The zero-order valence-electron chi connectivity index (χ0n) is 9.18. The number of hydrogen-bond acceptors (Lipinski definition) is 1. The molecule has 0 atom stereocenters. The Morgan fingerprint density at radius 3 is 2.06 bits per heavy atom. The molecule has 2 rings (SSSR count). The highest BCUT2D eigenvalue weighted by Gasteiger charge is 2.07. The van der Waals surface area contributed by atoms with E-state index >= 15 is 0 Å². The molecule has 0 amide bonds. The summed E-state index contributed by atoms with van der Waals surface area (Å²) in [5.41, 5.74) is 2.27. The van der Waals surface area contributed by atoms with E-state index in [2.05, 4.69) is 75.1 Å². The third-order valence-electron chi connectivity index (χ3n) is 2.42. The molecule has 0 spiro atoms. The average molecular weight is 499 g/mol. The first-order chi connectivity index (χ1) is 8.58. The van der Waals surface area contributed by atoms with E-state index in [9.17, 15) is 0 Å². The molecule has 0 aliphatic heterocycles. The van der Waals surface area contributed by atoms with Gasteiger partial charge in [-0.3, -0.25) is 0 Å². The van der Waals surface area contributed by atoms with Gasteiger partial charge in [0, 0.05) is 24.4 Å². The molecule has 1 N–H and O–H groups in total. The molecule has 0 aliphatic carbocycles. The summed E-state index contributed by atoms with van der Waals surface area (Å²) >= 11 is 14.1. The third-order valence-corrected chi connectivity index (χ3v) is 4.90. The summed E-state index contributed by atoms with van der Waals surface area (Å²) in [4.78, 5) is 0. The number of nitrogens with one attached hydrogen (secondary N) is 1. The van der Waals surface area contributed by atoms with E-state index < -0.39 is 0 Å². The minimum absolute atomic E-state index is 0.764. The Labute approximate surface area is 140 Å². The number of benzene rings is 2. The summed E-state index contributed by atoms with van der Waals surface area (Å²) in [6, 6.07) is 12.2. The van der Waals surface area contributed by atoms with Gasteiger partial charge in [0.25, 0.3) is 0 Å². The normalized spacial score (nSPS) is 10.4. The third kappa shape index (κ3) is 3.59. The van der Waals surface area contributed by atoms with Crippen LogP contribution in [-0.2, 0) is 6.54 Å². The maximum atomic E-state index is 3.56. The SMILES string of the molecule is Brc1cc(Br)c(NCc2ccccc2Br)c(Br)c1. The molecule has 0 radical (unpaired) electrons. The van der Waals surface area contributed by atoms with Crippen LogP contribution in [0.25, 0.3) is 0 Å². The Balaban J connectivity index is 2.19. The molecule has 0 aromatic heterocycles. The first-order valence-electron chi connectivity index (χ1n) is 5.20. The van der Waals surface area contributed by atoms with Gasteiger partial charge in [0.1, 0.15) is 0 Å². The summed E-state index contributed by atoms with van der Waals surface area (Å²) in [7, 11) is 0. The smallest absolute Gasteiger partial charge is 0.0632 e. The Kier molecular flexibility index (Phi) is 5.30. The Morgan fingerprint density at radius 2 is 1.44 bits per heavy atom. The number of hydrogen-bond donors (Lipinski definition) is 1. The molecule has 0 saturated heterocycles. The molecule has 0 bridgehead atoms. The van der Waals surface area contributed by atoms with Crippen LogP contribution in [0.4, 0.5) is 5.69 Å². The van der Waals surface area contributed by atoms with Crippen molar-refractivity contribution < 1.29 is 0 Å². The molecular weight excluding hydrogens is 490 g/mol. The van der Waals surface area contributed by atoms with E-state index in [0.717, 1.165) is 30.1 Å². The summed E-state index contributed by atoms with van der Waals surface area (Å²) in [6.45, 7) is 0.764. The maximum Gasteiger partial charge on any atom is 0.0632 e. The van der Waals surface area contributed by atoms with Gasteiger partial charge in [-0.25, -0.2) is 0 Å². The highest BCUT2D eigenvalue weighted by Crippen LogP contribution is 2.34. The standard InChI is InChI=1S/C13H9Br4N/c14-9-5-11(16)13(12(17)6-9)18-7-8-3-1-2-4-10(8)15/h1-6,18H,7H2. The van der Waals surface area contributed by atoms with E-state index in [1.165, 1.54) is 5.56 Å². The minimum Gasteiger partial charge on any atom is -0.379 e. The van der Waals surface area contributed by atoms with Crippen molar-refractivity contribution in [1.82, 2.24) is 0 Å². The average Bonchev–Trinajstić information content (AvgIpc) is 2.30. The monoisotopic (exact) mass is 495 g/mol. The molecule has 0 unspecified atom stereocenters. The van der Waals surface area contributed by atoms with Gasteiger partial charge in [0.05, 0.1) is 5.69 Å². The van der Waals surface area contributed by atoms with E-state index in [0.29, 0.717) is 0 Å². The molecule has 18 heavy (non-hydrogen) atoms. The second kappa shape index (κ2) is 6.55. The topological polar surface area (TPSA) is 12.0 Å². The number of halogens is 4. The van der Waals surface area contributed by atoms with Crippen molar-refractivity contribution in [2.45, 2.75) is 6.54 Å². The Bertz CT molecular complexity index is 546. The Morgan fingerprint density at radius 1 is 0.833 bits per heavy atom. The molecule has 0 aliphatic rings. The van der Waals surface area contributed by atoms with Crippen LogP contribution in [0.3, 0.4) is 0 Å². The van der Waals surface area contributed by atoms with Gasteiger partial charge in [-0.1, -0.05) is 50.1 Å². The predicted molar refractivity (Wildman–Crippen MR) is 91.0 cm³/mol. The summed E-state index contributed by atoms with van der Waals surface area (Å²) in [5, 5.41) is 3.42. The van der Waals surface area contributed by atoms with Crippen molar-refractivity contribution in [2.24, 2.45) is 0 Å². The maximum absolute atomic E-state index is 3.56. The fourth-order valence-corrected chi connectivity index (χ4v) is 4.50. The van der Waals surface area contributed by atoms with E-state index in [1.807, 2.05) is 30.3 Å².